The van der Waals surface area contributed by atoms with Crippen LogP contribution in [0.25, 0.3) is 0 Å². The van der Waals surface area contributed by atoms with E-state index in [0.717, 1.165) is 24.6 Å². The summed E-state index contributed by atoms with van der Waals surface area (Å²) in [4.78, 5) is 10.7. The average Bonchev–Trinajstić information content (AvgIpc) is 2.27. The molecule has 0 aliphatic carbocycles. The fraction of sp³-hybridized carbons (Fsp3) is 0.714. The Hall–Kier alpha value is -1.36. The average molecular weight is 265 g/mol. The van der Waals surface area contributed by atoms with Gasteiger partial charge in [-0.05, 0) is 32.7 Å². The third kappa shape index (κ3) is 5.42. The zero-order valence-electron chi connectivity index (χ0n) is 12.8. The van der Waals surface area contributed by atoms with E-state index in [9.17, 15) is 0 Å². The van der Waals surface area contributed by atoms with E-state index in [1.807, 2.05) is 6.07 Å². The fourth-order valence-corrected chi connectivity index (χ4v) is 2.04. The Balaban J connectivity index is 2.77. The van der Waals surface area contributed by atoms with Gasteiger partial charge < -0.3 is 16.0 Å². The maximum Gasteiger partial charge on any atom is 0.133 e. The van der Waals surface area contributed by atoms with E-state index in [1.54, 1.807) is 6.33 Å². The highest BCUT2D eigenvalue weighted by Crippen LogP contribution is 2.19. The zero-order chi connectivity index (χ0) is 14.5. The highest BCUT2D eigenvalue weighted by molar-refractivity contribution is 5.49. The Labute approximate surface area is 116 Å². The Bertz CT molecular complexity index is 389. The van der Waals surface area contributed by atoms with Crippen molar-refractivity contribution in [3.8, 4) is 0 Å². The van der Waals surface area contributed by atoms with Crippen LogP contribution in [0.1, 0.15) is 34.1 Å². The molecule has 0 bridgehead atoms. The highest BCUT2D eigenvalue weighted by Gasteiger charge is 2.17. The predicted octanol–water partition coefficient (Wildman–Crippen LogP) is 2.11. The molecule has 5 nitrogen and oxygen atoms in total. The summed E-state index contributed by atoms with van der Waals surface area (Å²) in [6, 6.07) is 1.99. The van der Waals surface area contributed by atoms with Crippen molar-refractivity contribution in [3.63, 3.8) is 0 Å². The fourth-order valence-electron chi connectivity index (χ4n) is 2.04. The lowest BCUT2D eigenvalue weighted by atomic mass is 10.0. The topological polar surface area (TPSA) is 67.1 Å². The van der Waals surface area contributed by atoms with Gasteiger partial charge in [-0.3, -0.25) is 0 Å². The van der Waals surface area contributed by atoms with Gasteiger partial charge in [0.05, 0.1) is 0 Å². The molecule has 1 aromatic heterocycles. The van der Waals surface area contributed by atoms with Gasteiger partial charge >= 0.3 is 0 Å². The molecule has 0 aliphatic rings. The first kappa shape index (κ1) is 15.7. The van der Waals surface area contributed by atoms with Gasteiger partial charge in [-0.25, -0.2) is 9.97 Å². The van der Waals surface area contributed by atoms with Gasteiger partial charge in [-0.2, -0.15) is 0 Å². The maximum absolute atomic E-state index is 5.62. The smallest absolute Gasteiger partial charge is 0.133 e. The van der Waals surface area contributed by atoms with Gasteiger partial charge in [0, 0.05) is 25.2 Å². The number of aromatic nitrogens is 2. The van der Waals surface area contributed by atoms with Crippen LogP contribution in [-0.2, 0) is 0 Å². The van der Waals surface area contributed by atoms with Gasteiger partial charge in [-0.15, -0.1) is 0 Å². The van der Waals surface area contributed by atoms with Crippen LogP contribution in [0, 0.1) is 5.92 Å². The van der Waals surface area contributed by atoms with Crippen LogP contribution in [0.2, 0.25) is 0 Å². The number of rotatable bonds is 7. The molecule has 0 aromatic carbocycles. The van der Waals surface area contributed by atoms with Gasteiger partial charge in [0.15, 0.2) is 0 Å². The van der Waals surface area contributed by atoms with Gasteiger partial charge in [0.25, 0.3) is 0 Å². The van der Waals surface area contributed by atoms with Crippen LogP contribution < -0.4 is 16.0 Å². The number of nitrogens with two attached hydrogens (primary N) is 1. The molecule has 1 heterocycles. The Morgan fingerprint density at radius 3 is 2.63 bits per heavy atom. The summed E-state index contributed by atoms with van der Waals surface area (Å²) in [6.45, 7) is 10.3. The molecule has 0 amide bonds. The molecule has 0 saturated carbocycles. The van der Waals surface area contributed by atoms with E-state index in [1.165, 1.54) is 0 Å². The Kier molecular flexibility index (Phi) is 5.54. The number of anilines is 2. The van der Waals surface area contributed by atoms with E-state index in [-0.39, 0.29) is 5.54 Å². The molecule has 19 heavy (non-hydrogen) atoms. The first-order valence-electron chi connectivity index (χ1n) is 6.85. The third-order valence-electron chi connectivity index (χ3n) is 2.92. The molecule has 0 aliphatic heterocycles. The lowest BCUT2D eigenvalue weighted by Gasteiger charge is -2.27. The second-order valence-corrected chi connectivity index (χ2v) is 6.08. The third-order valence-corrected chi connectivity index (χ3v) is 2.92. The minimum absolute atomic E-state index is 0.0585. The van der Waals surface area contributed by atoms with E-state index in [0.29, 0.717) is 12.5 Å². The van der Waals surface area contributed by atoms with Gasteiger partial charge in [0.2, 0.25) is 0 Å². The largest absolute Gasteiger partial charge is 0.365 e. The summed E-state index contributed by atoms with van der Waals surface area (Å²) in [5.74, 6) is 2.39. The molecule has 0 atom stereocenters. The molecular weight excluding hydrogens is 238 g/mol. The number of nitrogens with zero attached hydrogens (tertiary/aromatic N) is 3. The van der Waals surface area contributed by atoms with Crippen LogP contribution >= 0.6 is 0 Å². The molecule has 1 rings (SSSR count). The van der Waals surface area contributed by atoms with Crippen molar-refractivity contribution in [3.05, 3.63) is 12.4 Å². The van der Waals surface area contributed by atoms with Gasteiger partial charge in [-0.1, -0.05) is 13.8 Å². The lowest BCUT2D eigenvalue weighted by Crippen LogP contribution is -2.34. The lowest BCUT2D eigenvalue weighted by molar-refractivity contribution is 0.524. The second kappa shape index (κ2) is 6.70. The maximum atomic E-state index is 5.62. The molecule has 0 spiro atoms. The van der Waals surface area contributed by atoms with Crippen molar-refractivity contribution in [2.45, 2.75) is 39.7 Å². The van der Waals surface area contributed by atoms with Crippen LogP contribution in [0.5, 0.6) is 0 Å². The minimum Gasteiger partial charge on any atom is -0.365 e. The molecule has 1 aromatic rings. The van der Waals surface area contributed by atoms with Crippen molar-refractivity contribution in [1.29, 1.82) is 0 Å². The Morgan fingerprint density at radius 1 is 1.37 bits per heavy atom. The van der Waals surface area contributed by atoms with E-state index in [4.69, 9.17) is 5.73 Å². The van der Waals surface area contributed by atoms with Crippen molar-refractivity contribution in [1.82, 2.24) is 9.97 Å². The summed E-state index contributed by atoms with van der Waals surface area (Å²) in [6.07, 6.45) is 2.50. The number of nitrogens with one attached hydrogen (secondary N) is 1. The summed E-state index contributed by atoms with van der Waals surface area (Å²) in [5, 5.41) is 3.41. The predicted molar refractivity (Wildman–Crippen MR) is 81.5 cm³/mol. The summed E-state index contributed by atoms with van der Waals surface area (Å²) >= 11 is 0. The molecule has 0 unspecified atom stereocenters. The number of hydrogen-bond donors (Lipinski definition) is 2. The zero-order valence-corrected chi connectivity index (χ0v) is 12.8. The van der Waals surface area contributed by atoms with Crippen molar-refractivity contribution in [2.75, 3.05) is 30.4 Å². The van der Waals surface area contributed by atoms with Crippen molar-refractivity contribution < 1.29 is 0 Å². The molecule has 5 heteroatoms. The number of hydrogen-bond acceptors (Lipinski definition) is 5. The van der Waals surface area contributed by atoms with Crippen molar-refractivity contribution >= 4 is 11.6 Å². The summed E-state index contributed by atoms with van der Waals surface area (Å²) < 4.78 is 0. The molecule has 108 valence electrons. The standard InChI is InChI=1S/C14H27N5/c1-11(2)9-19(5)13-8-12(16-10-17-13)18-14(3,4)6-7-15/h8,10-11H,6-7,9,15H2,1-5H3,(H,16,17,18). The quantitative estimate of drug-likeness (QED) is 0.790. The molecule has 0 saturated heterocycles. The van der Waals surface area contributed by atoms with E-state index in [2.05, 4.69) is 54.9 Å². The van der Waals surface area contributed by atoms with E-state index < -0.39 is 0 Å². The molecule has 3 N–H and O–H groups in total. The van der Waals surface area contributed by atoms with Gasteiger partial charge in [0.1, 0.15) is 18.0 Å². The molecule has 0 radical (unpaired) electrons. The van der Waals surface area contributed by atoms with Crippen LogP contribution in [0.3, 0.4) is 0 Å². The Morgan fingerprint density at radius 2 is 2.05 bits per heavy atom. The molecule has 0 fully saturated rings. The SMILES string of the molecule is CC(C)CN(C)c1cc(NC(C)(C)CCN)ncn1. The van der Waals surface area contributed by atoms with Crippen LogP contribution in [0.4, 0.5) is 11.6 Å². The molecular formula is C14H27N5. The first-order valence-corrected chi connectivity index (χ1v) is 6.85. The normalized spacial score (nSPS) is 11.7. The van der Waals surface area contributed by atoms with Crippen LogP contribution in [0.15, 0.2) is 12.4 Å². The van der Waals surface area contributed by atoms with Crippen LogP contribution in [-0.4, -0.2) is 35.6 Å². The first-order chi connectivity index (χ1) is 8.84. The summed E-state index contributed by atoms with van der Waals surface area (Å²) in [7, 11) is 2.05. The minimum atomic E-state index is -0.0585. The van der Waals surface area contributed by atoms with E-state index >= 15 is 0 Å². The van der Waals surface area contributed by atoms with Crippen molar-refractivity contribution in [2.24, 2.45) is 11.7 Å². The highest BCUT2D eigenvalue weighted by atomic mass is 15.2. The monoisotopic (exact) mass is 265 g/mol. The second-order valence-electron chi connectivity index (χ2n) is 6.08. The summed E-state index contributed by atoms with van der Waals surface area (Å²) in [5.41, 5.74) is 5.56.